The first-order chi connectivity index (χ1) is 8.60. The van der Waals surface area contributed by atoms with Crippen molar-refractivity contribution >= 4 is 11.8 Å². The summed E-state index contributed by atoms with van der Waals surface area (Å²) in [6.07, 6.45) is 1.14. The number of nitrogens with one attached hydrogen (secondary N) is 1. The molecule has 0 aliphatic heterocycles. The van der Waals surface area contributed by atoms with E-state index in [9.17, 15) is 4.39 Å². The Balaban J connectivity index is 2.86. The molecule has 0 fully saturated rings. The van der Waals surface area contributed by atoms with Gasteiger partial charge in [-0.1, -0.05) is 39.3 Å². The van der Waals surface area contributed by atoms with Crippen molar-refractivity contribution in [2.75, 3.05) is 12.3 Å². The Kier molecular flexibility index (Phi) is 6.72. The summed E-state index contributed by atoms with van der Waals surface area (Å²) in [5.74, 6) is 1.51. The van der Waals surface area contributed by atoms with Gasteiger partial charge < -0.3 is 5.32 Å². The smallest absolute Gasteiger partial charge is 0.137 e. The second kappa shape index (κ2) is 7.80. The molecule has 1 nitrogen and oxygen atoms in total. The first-order valence-electron chi connectivity index (χ1n) is 6.74. The Labute approximate surface area is 115 Å². The Morgan fingerprint density at radius 1 is 1.28 bits per heavy atom. The molecule has 0 bridgehead atoms. The lowest BCUT2D eigenvalue weighted by atomic mass is 10.1. The highest BCUT2D eigenvalue weighted by atomic mass is 32.2. The van der Waals surface area contributed by atoms with Gasteiger partial charge in [-0.25, -0.2) is 4.39 Å². The third-order valence-corrected chi connectivity index (χ3v) is 4.64. The van der Waals surface area contributed by atoms with Gasteiger partial charge in [0.1, 0.15) is 5.82 Å². The number of hydrogen-bond donors (Lipinski definition) is 1. The summed E-state index contributed by atoms with van der Waals surface area (Å²) in [7, 11) is 0. The minimum absolute atomic E-state index is 0.0921. The molecule has 2 unspecified atom stereocenters. The first-order valence-corrected chi connectivity index (χ1v) is 7.73. The van der Waals surface area contributed by atoms with Crippen LogP contribution in [0.5, 0.6) is 0 Å². The number of benzene rings is 1. The standard InChI is InChI=1S/C15H24FNS/c1-5-11(3)10-18-15-13(12(4)17-6-2)8-7-9-14(15)16/h7-9,11-12,17H,5-6,10H2,1-4H3. The van der Waals surface area contributed by atoms with Gasteiger partial charge in [0.2, 0.25) is 0 Å². The Bertz CT molecular complexity index is 368. The van der Waals surface area contributed by atoms with E-state index in [4.69, 9.17) is 0 Å². The zero-order chi connectivity index (χ0) is 13.5. The average Bonchev–Trinajstić information content (AvgIpc) is 2.36. The summed E-state index contributed by atoms with van der Waals surface area (Å²) in [5, 5.41) is 3.35. The van der Waals surface area contributed by atoms with Gasteiger partial charge in [0.25, 0.3) is 0 Å². The molecule has 1 aromatic rings. The Hall–Kier alpha value is -0.540. The highest BCUT2D eigenvalue weighted by molar-refractivity contribution is 7.99. The molecule has 2 atom stereocenters. The maximum Gasteiger partial charge on any atom is 0.137 e. The normalized spacial score (nSPS) is 14.5. The lowest BCUT2D eigenvalue weighted by Crippen LogP contribution is -2.18. The second-order valence-electron chi connectivity index (χ2n) is 4.76. The van der Waals surface area contributed by atoms with Gasteiger partial charge in [0, 0.05) is 16.7 Å². The largest absolute Gasteiger partial charge is 0.310 e. The van der Waals surface area contributed by atoms with Crippen LogP contribution in [-0.4, -0.2) is 12.3 Å². The molecule has 0 aromatic heterocycles. The van der Waals surface area contributed by atoms with Crippen molar-refractivity contribution in [3.05, 3.63) is 29.6 Å². The van der Waals surface area contributed by atoms with E-state index in [2.05, 4.69) is 33.0 Å². The first kappa shape index (κ1) is 15.5. The van der Waals surface area contributed by atoms with Crippen molar-refractivity contribution in [2.45, 2.75) is 45.1 Å². The molecular formula is C15H24FNS. The highest BCUT2D eigenvalue weighted by Crippen LogP contribution is 2.31. The predicted molar refractivity (Wildman–Crippen MR) is 78.7 cm³/mol. The zero-order valence-corrected chi connectivity index (χ0v) is 12.6. The number of thioether (sulfide) groups is 1. The summed E-state index contributed by atoms with van der Waals surface area (Å²) in [6.45, 7) is 9.44. The summed E-state index contributed by atoms with van der Waals surface area (Å²) >= 11 is 1.65. The van der Waals surface area contributed by atoms with Crippen molar-refractivity contribution in [2.24, 2.45) is 5.92 Å². The van der Waals surface area contributed by atoms with Crippen molar-refractivity contribution in [1.29, 1.82) is 0 Å². The summed E-state index contributed by atoms with van der Waals surface area (Å²) in [4.78, 5) is 0.811. The molecule has 0 heterocycles. The summed E-state index contributed by atoms with van der Waals surface area (Å²) in [5.41, 5.74) is 1.07. The predicted octanol–water partition coefficient (Wildman–Crippen LogP) is 4.63. The molecule has 0 saturated carbocycles. The van der Waals surface area contributed by atoms with Crippen LogP contribution in [0.4, 0.5) is 4.39 Å². The summed E-state index contributed by atoms with van der Waals surface area (Å²) < 4.78 is 14.0. The third-order valence-electron chi connectivity index (χ3n) is 3.18. The van der Waals surface area contributed by atoms with Gasteiger partial charge in [-0.05, 0) is 31.0 Å². The van der Waals surface area contributed by atoms with E-state index in [1.165, 1.54) is 0 Å². The highest BCUT2D eigenvalue weighted by Gasteiger charge is 2.14. The van der Waals surface area contributed by atoms with Crippen LogP contribution in [-0.2, 0) is 0 Å². The average molecular weight is 269 g/mol. The monoisotopic (exact) mass is 269 g/mol. The van der Waals surface area contributed by atoms with Gasteiger partial charge in [-0.15, -0.1) is 11.8 Å². The third kappa shape index (κ3) is 4.29. The number of halogens is 1. The maximum atomic E-state index is 14.0. The van der Waals surface area contributed by atoms with E-state index in [-0.39, 0.29) is 11.9 Å². The minimum atomic E-state index is -0.0921. The molecular weight excluding hydrogens is 245 g/mol. The van der Waals surface area contributed by atoms with Crippen molar-refractivity contribution in [1.82, 2.24) is 5.32 Å². The molecule has 0 radical (unpaired) electrons. The van der Waals surface area contributed by atoms with Gasteiger partial charge >= 0.3 is 0 Å². The Morgan fingerprint density at radius 3 is 2.61 bits per heavy atom. The SMILES string of the molecule is CCNC(C)c1cccc(F)c1SCC(C)CC. The van der Waals surface area contributed by atoms with E-state index in [1.807, 2.05) is 6.07 Å². The van der Waals surface area contributed by atoms with E-state index in [0.29, 0.717) is 5.92 Å². The summed E-state index contributed by atoms with van der Waals surface area (Å²) in [6, 6.07) is 5.58. The van der Waals surface area contributed by atoms with Crippen LogP contribution in [0.1, 0.15) is 45.7 Å². The minimum Gasteiger partial charge on any atom is -0.310 e. The maximum absolute atomic E-state index is 14.0. The van der Waals surface area contributed by atoms with Crippen molar-refractivity contribution < 1.29 is 4.39 Å². The Morgan fingerprint density at radius 2 is 2.00 bits per heavy atom. The fourth-order valence-corrected chi connectivity index (χ4v) is 3.08. The molecule has 0 aliphatic rings. The van der Waals surface area contributed by atoms with Crippen LogP contribution in [0.2, 0.25) is 0 Å². The van der Waals surface area contributed by atoms with E-state index < -0.39 is 0 Å². The van der Waals surface area contributed by atoms with Crippen LogP contribution >= 0.6 is 11.8 Å². The van der Waals surface area contributed by atoms with Crippen molar-refractivity contribution in [3.63, 3.8) is 0 Å². The van der Waals surface area contributed by atoms with Crippen molar-refractivity contribution in [3.8, 4) is 0 Å². The lowest BCUT2D eigenvalue weighted by molar-refractivity contribution is 0.557. The van der Waals surface area contributed by atoms with E-state index in [1.54, 1.807) is 23.9 Å². The van der Waals surface area contributed by atoms with Gasteiger partial charge in [-0.2, -0.15) is 0 Å². The van der Waals surface area contributed by atoms with Crippen LogP contribution in [0.25, 0.3) is 0 Å². The molecule has 0 amide bonds. The van der Waals surface area contributed by atoms with Gasteiger partial charge in [0.05, 0.1) is 0 Å². The fourth-order valence-electron chi connectivity index (χ4n) is 1.78. The van der Waals surface area contributed by atoms with Crippen LogP contribution in [0.15, 0.2) is 23.1 Å². The molecule has 0 aliphatic carbocycles. The molecule has 18 heavy (non-hydrogen) atoms. The molecule has 0 saturated heterocycles. The second-order valence-corrected chi connectivity index (χ2v) is 5.79. The fraction of sp³-hybridized carbons (Fsp3) is 0.600. The van der Waals surface area contributed by atoms with Crippen LogP contribution in [0.3, 0.4) is 0 Å². The van der Waals surface area contributed by atoms with Gasteiger partial charge in [0.15, 0.2) is 0 Å². The molecule has 0 spiro atoms. The molecule has 1 rings (SSSR count). The zero-order valence-electron chi connectivity index (χ0n) is 11.8. The molecule has 1 aromatic carbocycles. The van der Waals surface area contributed by atoms with E-state index >= 15 is 0 Å². The number of rotatable bonds is 7. The van der Waals surface area contributed by atoms with Crippen LogP contribution < -0.4 is 5.32 Å². The number of hydrogen-bond acceptors (Lipinski definition) is 2. The van der Waals surface area contributed by atoms with Gasteiger partial charge in [-0.3, -0.25) is 0 Å². The molecule has 1 N–H and O–H groups in total. The lowest BCUT2D eigenvalue weighted by Gasteiger charge is -2.18. The molecule has 102 valence electrons. The quantitative estimate of drug-likeness (QED) is 0.724. The van der Waals surface area contributed by atoms with Crippen LogP contribution in [0, 0.1) is 11.7 Å². The molecule has 3 heteroatoms. The van der Waals surface area contributed by atoms with E-state index in [0.717, 1.165) is 29.2 Å². The topological polar surface area (TPSA) is 12.0 Å².